The minimum Gasteiger partial charge on any atom is -1.00 e. The van der Waals surface area contributed by atoms with Crippen LogP contribution in [0.2, 0.25) is 11.1 Å². The Hall–Kier alpha value is -0.400. The van der Waals surface area contributed by atoms with Gasteiger partial charge in [0.2, 0.25) is 0 Å². The largest absolute Gasteiger partial charge is 1.00 e. The smallest absolute Gasteiger partial charge is 1.00 e. The van der Waals surface area contributed by atoms with Gasteiger partial charge >= 0.3 is 203 Å². The second-order valence-electron chi connectivity index (χ2n) is 10.5. The number of benzene rings is 2. The predicted octanol–water partition coefficient (Wildman–Crippen LogP) is 2.01. The fourth-order valence-corrected chi connectivity index (χ4v) is 33.3. The van der Waals surface area contributed by atoms with Crippen molar-refractivity contribution in [3.63, 3.8) is 0 Å². The van der Waals surface area contributed by atoms with Gasteiger partial charge in [0, 0.05) is 0 Å². The van der Waals surface area contributed by atoms with Gasteiger partial charge in [0.25, 0.3) is 0 Å². The van der Waals surface area contributed by atoms with E-state index in [9.17, 15) is 0 Å². The van der Waals surface area contributed by atoms with Crippen LogP contribution in [0.25, 0.3) is 11.1 Å². The first-order valence-electron chi connectivity index (χ1n) is 13.2. The molecule has 0 saturated heterocycles. The molecule has 2 aromatic rings. The Morgan fingerprint density at radius 2 is 1.35 bits per heavy atom. The SMILES string of the molecule is C1=CC[C]([Zr+2]([c]2cccc3c2Cc2ccccc2-3)=[Si](C2CCCCC2)C2CCCCC2)=C1.[Cl-].[Cl-]. The number of fused-ring (bicyclic) bond motifs is 3. The predicted molar refractivity (Wildman–Crippen MR) is 136 cm³/mol. The Morgan fingerprint density at radius 1 is 0.706 bits per heavy atom. The van der Waals surface area contributed by atoms with Crippen molar-refractivity contribution in [1.29, 1.82) is 0 Å². The Morgan fingerprint density at radius 3 is 2.00 bits per heavy atom. The van der Waals surface area contributed by atoms with Crippen LogP contribution in [0, 0.1) is 0 Å². The van der Waals surface area contributed by atoms with Crippen LogP contribution in [0.1, 0.15) is 81.8 Å². The van der Waals surface area contributed by atoms with Crippen LogP contribution in [0.3, 0.4) is 0 Å². The van der Waals surface area contributed by atoms with Gasteiger partial charge in [-0.3, -0.25) is 0 Å². The zero-order valence-corrected chi connectivity index (χ0v) is 25.1. The average molecular weight is 587 g/mol. The summed E-state index contributed by atoms with van der Waals surface area (Å²) in [5, 5.41) is 0. The fraction of sp³-hybridized carbons (Fsp3) is 0.467. The van der Waals surface area contributed by atoms with Gasteiger partial charge in [0.15, 0.2) is 0 Å². The van der Waals surface area contributed by atoms with Crippen molar-refractivity contribution in [3.8, 4) is 11.1 Å². The van der Waals surface area contributed by atoms with Gasteiger partial charge in [-0.05, 0) is 0 Å². The molecule has 0 N–H and O–H groups in total. The van der Waals surface area contributed by atoms with E-state index in [1.165, 1.54) is 56.9 Å². The van der Waals surface area contributed by atoms with Gasteiger partial charge in [-0.2, -0.15) is 0 Å². The summed E-state index contributed by atoms with van der Waals surface area (Å²) in [4.78, 5) is 0. The Kier molecular flexibility index (Phi) is 9.59. The summed E-state index contributed by atoms with van der Waals surface area (Å²) in [6.45, 7) is 0. The summed E-state index contributed by atoms with van der Waals surface area (Å²) in [5.74, 6) is 0. The van der Waals surface area contributed by atoms with Crippen molar-refractivity contribution < 1.29 is 45.2 Å². The normalized spacial score (nSPS) is 19.2. The van der Waals surface area contributed by atoms with Gasteiger partial charge in [-0.1, -0.05) is 0 Å². The van der Waals surface area contributed by atoms with Gasteiger partial charge in [-0.25, -0.2) is 0 Å². The van der Waals surface area contributed by atoms with E-state index < -0.39 is 20.4 Å². The summed E-state index contributed by atoms with van der Waals surface area (Å²) in [5.41, 5.74) is 8.30. The average Bonchev–Trinajstić information content (AvgIpc) is 3.52. The van der Waals surface area contributed by atoms with E-state index in [0.717, 1.165) is 11.1 Å². The molecule has 2 aromatic carbocycles. The molecule has 0 heterocycles. The van der Waals surface area contributed by atoms with E-state index in [1.807, 2.05) is 6.55 Å². The van der Waals surface area contributed by atoms with Crippen molar-refractivity contribution in [2.45, 2.75) is 88.1 Å². The maximum Gasteiger partial charge on any atom is -1.00 e. The minimum absolute atomic E-state index is 0. The number of hydrogen-bond donors (Lipinski definition) is 0. The second-order valence-corrected chi connectivity index (χ2v) is 25.0. The summed E-state index contributed by atoms with van der Waals surface area (Å²) in [6, 6.07) is 16.7. The summed E-state index contributed by atoms with van der Waals surface area (Å²) >= 11 is -1.97. The number of rotatable bonds is 4. The molecule has 2 fully saturated rings. The van der Waals surface area contributed by atoms with Crippen LogP contribution in [0.5, 0.6) is 0 Å². The summed E-state index contributed by atoms with van der Waals surface area (Å²) in [7, 11) is 0. The molecule has 178 valence electrons. The van der Waals surface area contributed by atoms with Gasteiger partial charge in [-0.15, -0.1) is 0 Å². The quantitative estimate of drug-likeness (QED) is 0.411. The van der Waals surface area contributed by atoms with Gasteiger partial charge in [0.1, 0.15) is 0 Å². The summed E-state index contributed by atoms with van der Waals surface area (Å²) < 4.78 is 3.86. The molecule has 0 aliphatic heterocycles. The number of allylic oxidation sites excluding steroid dienone is 4. The van der Waals surface area contributed by atoms with E-state index in [2.05, 4.69) is 60.7 Å². The van der Waals surface area contributed by atoms with Crippen LogP contribution in [0.4, 0.5) is 0 Å². The third kappa shape index (κ3) is 5.18. The molecule has 0 spiro atoms. The Balaban J connectivity index is 0.00000137. The molecule has 0 bridgehead atoms. The molecule has 4 aliphatic rings. The molecule has 0 atom stereocenters. The molecule has 0 radical (unpaired) electrons. The van der Waals surface area contributed by atoms with E-state index in [0.29, 0.717) is 0 Å². The molecule has 6 rings (SSSR count). The molecule has 4 aliphatic carbocycles. The van der Waals surface area contributed by atoms with E-state index in [4.69, 9.17) is 0 Å². The van der Waals surface area contributed by atoms with Crippen molar-refractivity contribution in [2.24, 2.45) is 0 Å². The molecule has 0 unspecified atom stereocenters. The van der Waals surface area contributed by atoms with Crippen LogP contribution in [0.15, 0.2) is 64.0 Å². The minimum atomic E-state index is -1.97. The first kappa shape index (κ1) is 26.7. The van der Waals surface area contributed by atoms with Crippen LogP contribution < -0.4 is 28.1 Å². The monoisotopic (exact) mass is 584 g/mol. The summed E-state index contributed by atoms with van der Waals surface area (Å²) in [6.07, 6.45) is 25.2. The second kappa shape index (κ2) is 12.2. The number of hydrogen-bond acceptors (Lipinski definition) is 0. The zero-order chi connectivity index (χ0) is 21.3. The fourth-order valence-electron chi connectivity index (χ4n) is 7.11. The molecule has 4 heteroatoms. The van der Waals surface area contributed by atoms with E-state index in [-0.39, 0.29) is 30.2 Å². The topological polar surface area (TPSA) is 0 Å². The van der Waals surface area contributed by atoms with Crippen molar-refractivity contribution in [3.05, 3.63) is 75.1 Å². The molecule has 0 amide bonds. The molecule has 0 aromatic heterocycles. The van der Waals surface area contributed by atoms with Crippen molar-refractivity contribution in [1.82, 2.24) is 0 Å². The Bertz CT molecular complexity index is 1080. The standard InChI is InChI=1S/C13H9.C12H22Si.C5H5.2ClH.Zr/c1-3-7-12-10(5-1)9-11-6-2-4-8-13(11)12;1-3-7-11(8-4-1)13-12-9-5-2-6-10-12;1-2-4-5-3-1;;;/h1-5,7-8H,9H2;11-12H,1-10H2;1-3H,4H2;2*1H;/q;;;;;+2/p-2. The maximum absolute atomic E-state index is 2.63. The Labute approximate surface area is 226 Å². The first-order chi connectivity index (χ1) is 15.9. The van der Waals surface area contributed by atoms with E-state index >= 15 is 0 Å². The van der Waals surface area contributed by atoms with E-state index in [1.54, 1.807) is 42.4 Å². The van der Waals surface area contributed by atoms with Gasteiger partial charge < -0.3 is 24.8 Å². The molecule has 0 nitrogen and oxygen atoms in total. The number of halogens is 2. The van der Waals surface area contributed by atoms with Crippen molar-refractivity contribution in [2.75, 3.05) is 0 Å². The van der Waals surface area contributed by atoms with Gasteiger partial charge in [0.05, 0.1) is 0 Å². The van der Waals surface area contributed by atoms with Crippen LogP contribution in [-0.4, -0.2) is 5.43 Å². The molecule has 34 heavy (non-hydrogen) atoms. The molecule has 2 saturated carbocycles. The third-order valence-electron chi connectivity index (χ3n) is 8.59. The molecular weight excluding hydrogens is 551 g/mol. The van der Waals surface area contributed by atoms with Crippen molar-refractivity contribution >= 4 is 8.70 Å². The first-order valence-corrected chi connectivity index (χ1v) is 21.0. The zero-order valence-electron chi connectivity index (χ0n) is 20.2. The molecular formula is C30H36Cl2SiZr. The van der Waals surface area contributed by atoms with Crippen LogP contribution >= 0.6 is 0 Å². The maximum atomic E-state index is 2.63. The van der Waals surface area contributed by atoms with Crippen LogP contribution in [-0.2, 0) is 26.8 Å². The third-order valence-corrected chi connectivity index (χ3v) is 30.8.